The summed E-state index contributed by atoms with van der Waals surface area (Å²) in [5.74, 6) is 0.0329. The molecule has 0 N–H and O–H groups in total. The molecular weight excluding hydrogens is 218 g/mol. The maximum absolute atomic E-state index is 11.8. The fraction of sp³-hybridized carbons (Fsp3) is 0.692. The molecule has 0 bridgehead atoms. The lowest BCUT2D eigenvalue weighted by Crippen LogP contribution is -2.42. The Morgan fingerprint density at radius 1 is 1.47 bits per heavy atom. The molecule has 1 unspecified atom stereocenters. The highest BCUT2D eigenvalue weighted by Crippen LogP contribution is 2.23. The fourth-order valence-electron chi connectivity index (χ4n) is 1.49. The van der Waals surface area contributed by atoms with E-state index in [9.17, 15) is 9.59 Å². The minimum atomic E-state index is -0.545. The SMILES string of the molecule is CC(C)C1CC(=O)C=CN1OC(=O)C(C)(C)C. The van der Waals surface area contributed by atoms with Gasteiger partial charge in [-0.25, -0.2) is 9.86 Å². The van der Waals surface area contributed by atoms with Gasteiger partial charge in [0, 0.05) is 18.7 Å². The first kappa shape index (κ1) is 13.7. The summed E-state index contributed by atoms with van der Waals surface area (Å²) in [6.07, 6.45) is 3.40. The average molecular weight is 239 g/mol. The van der Waals surface area contributed by atoms with Gasteiger partial charge in [0.25, 0.3) is 0 Å². The molecule has 4 nitrogen and oxygen atoms in total. The van der Waals surface area contributed by atoms with E-state index in [2.05, 4.69) is 0 Å². The lowest BCUT2D eigenvalue weighted by atomic mass is 9.96. The monoisotopic (exact) mass is 239 g/mol. The molecular formula is C13H21NO3. The number of allylic oxidation sites excluding steroid dienone is 1. The predicted molar refractivity (Wildman–Crippen MR) is 64.8 cm³/mol. The number of carbonyl (C=O) groups excluding carboxylic acids is 2. The summed E-state index contributed by atoms with van der Waals surface area (Å²) in [6, 6.07) is -0.0706. The van der Waals surface area contributed by atoms with E-state index in [4.69, 9.17) is 4.84 Å². The summed E-state index contributed by atoms with van der Waals surface area (Å²) in [5.41, 5.74) is -0.545. The maximum Gasteiger partial charge on any atom is 0.337 e. The largest absolute Gasteiger partial charge is 0.341 e. The number of hydrogen-bond acceptors (Lipinski definition) is 4. The van der Waals surface area contributed by atoms with Crippen LogP contribution >= 0.6 is 0 Å². The van der Waals surface area contributed by atoms with E-state index in [0.29, 0.717) is 6.42 Å². The minimum absolute atomic E-state index is 0.0706. The van der Waals surface area contributed by atoms with Crippen LogP contribution in [-0.4, -0.2) is 22.9 Å². The van der Waals surface area contributed by atoms with E-state index < -0.39 is 5.41 Å². The predicted octanol–water partition coefficient (Wildman–Crippen LogP) is 2.30. The third-order valence-electron chi connectivity index (χ3n) is 2.71. The highest BCUT2D eigenvalue weighted by atomic mass is 16.7. The Kier molecular flexibility index (Phi) is 3.96. The van der Waals surface area contributed by atoms with Crippen molar-refractivity contribution in [2.75, 3.05) is 0 Å². The Morgan fingerprint density at radius 3 is 2.53 bits per heavy atom. The topological polar surface area (TPSA) is 46.6 Å². The minimum Gasteiger partial charge on any atom is -0.341 e. The molecule has 0 radical (unpaired) electrons. The lowest BCUT2D eigenvalue weighted by Gasteiger charge is -2.34. The number of ketones is 1. The first-order chi connectivity index (χ1) is 7.71. The van der Waals surface area contributed by atoms with Gasteiger partial charge in [-0.05, 0) is 26.7 Å². The van der Waals surface area contributed by atoms with Crippen LogP contribution in [0.3, 0.4) is 0 Å². The second-order valence-electron chi connectivity index (χ2n) is 5.79. The zero-order valence-corrected chi connectivity index (χ0v) is 11.2. The zero-order valence-electron chi connectivity index (χ0n) is 11.2. The van der Waals surface area contributed by atoms with Crippen molar-refractivity contribution >= 4 is 11.8 Å². The van der Waals surface area contributed by atoms with Crippen molar-refractivity contribution < 1.29 is 14.4 Å². The van der Waals surface area contributed by atoms with E-state index in [-0.39, 0.29) is 23.7 Å². The van der Waals surface area contributed by atoms with Crippen LogP contribution in [0.5, 0.6) is 0 Å². The number of rotatable bonds is 2. The molecule has 0 aromatic carbocycles. The van der Waals surface area contributed by atoms with Crippen LogP contribution in [0, 0.1) is 11.3 Å². The summed E-state index contributed by atoms with van der Waals surface area (Å²) in [6.45, 7) is 9.43. The highest BCUT2D eigenvalue weighted by molar-refractivity contribution is 5.90. The fourth-order valence-corrected chi connectivity index (χ4v) is 1.49. The Hall–Kier alpha value is -1.32. The quantitative estimate of drug-likeness (QED) is 0.742. The molecule has 4 heteroatoms. The highest BCUT2D eigenvalue weighted by Gasteiger charge is 2.31. The molecule has 1 rings (SSSR count). The maximum atomic E-state index is 11.8. The molecule has 0 fully saturated rings. The summed E-state index contributed by atoms with van der Waals surface area (Å²) in [4.78, 5) is 28.5. The molecule has 1 aliphatic heterocycles. The lowest BCUT2D eigenvalue weighted by molar-refractivity contribution is -0.201. The van der Waals surface area contributed by atoms with Crippen molar-refractivity contribution in [1.29, 1.82) is 0 Å². The first-order valence-electron chi connectivity index (χ1n) is 5.93. The van der Waals surface area contributed by atoms with Crippen LogP contribution in [0.25, 0.3) is 0 Å². The van der Waals surface area contributed by atoms with Gasteiger partial charge in [-0.15, -0.1) is 0 Å². The van der Waals surface area contributed by atoms with Gasteiger partial charge in [0.15, 0.2) is 5.78 Å². The molecule has 0 aromatic rings. The molecule has 0 saturated carbocycles. The van der Waals surface area contributed by atoms with E-state index >= 15 is 0 Å². The molecule has 1 atom stereocenters. The number of hydrogen-bond donors (Lipinski definition) is 0. The van der Waals surface area contributed by atoms with Crippen LogP contribution < -0.4 is 0 Å². The third-order valence-corrected chi connectivity index (χ3v) is 2.71. The summed E-state index contributed by atoms with van der Waals surface area (Å²) >= 11 is 0. The molecule has 17 heavy (non-hydrogen) atoms. The Morgan fingerprint density at radius 2 is 2.06 bits per heavy atom. The third kappa shape index (κ3) is 3.58. The van der Waals surface area contributed by atoms with Crippen molar-refractivity contribution in [2.24, 2.45) is 11.3 Å². The van der Waals surface area contributed by atoms with Gasteiger partial charge in [0.1, 0.15) is 0 Å². The van der Waals surface area contributed by atoms with Gasteiger partial charge in [0.05, 0.1) is 11.5 Å². The summed E-state index contributed by atoms with van der Waals surface area (Å²) in [5, 5.41) is 1.51. The second kappa shape index (κ2) is 4.90. The molecule has 0 aliphatic carbocycles. The number of nitrogens with zero attached hydrogens (tertiary/aromatic N) is 1. The summed E-state index contributed by atoms with van der Waals surface area (Å²) in [7, 11) is 0. The smallest absolute Gasteiger partial charge is 0.337 e. The van der Waals surface area contributed by atoms with Crippen molar-refractivity contribution in [3.8, 4) is 0 Å². The molecule has 0 aromatic heterocycles. The van der Waals surface area contributed by atoms with Gasteiger partial charge in [-0.2, -0.15) is 0 Å². The Labute approximate surface area is 103 Å². The van der Waals surface area contributed by atoms with Crippen molar-refractivity contribution in [3.05, 3.63) is 12.3 Å². The van der Waals surface area contributed by atoms with Crippen molar-refractivity contribution in [2.45, 2.75) is 47.1 Å². The van der Waals surface area contributed by atoms with Crippen LogP contribution in [0.2, 0.25) is 0 Å². The van der Waals surface area contributed by atoms with Crippen LogP contribution in [-0.2, 0) is 14.4 Å². The molecule has 0 amide bonds. The number of carbonyl (C=O) groups is 2. The molecule has 1 aliphatic rings. The average Bonchev–Trinajstić information content (AvgIpc) is 2.18. The van der Waals surface area contributed by atoms with Gasteiger partial charge in [-0.3, -0.25) is 4.79 Å². The van der Waals surface area contributed by atoms with Crippen LogP contribution in [0.1, 0.15) is 41.0 Å². The standard InChI is InChI=1S/C13H21NO3/c1-9(2)11-8-10(15)6-7-14(11)17-12(16)13(3,4)5/h6-7,9,11H,8H2,1-5H3. The van der Waals surface area contributed by atoms with E-state index in [1.165, 1.54) is 11.1 Å². The summed E-state index contributed by atoms with van der Waals surface area (Å²) < 4.78 is 0. The molecule has 96 valence electrons. The van der Waals surface area contributed by atoms with Gasteiger partial charge in [0.2, 0.25) is 0 Å². The molecule has 1 heterocycles. The van der Waals surface area contributed by atoms with E-state index in [1.807, 2.05) is 13.8 Å². The Bertz CT molecular complexity index is 339. The van der Waals surface area contributed by atoms with Crippen LogP contribution in [0.15, 0.2) is 12.3 Å². The van der Waals surface area contributed by atoms with Crippen molar-refractivity contribution in [1.82, 2.24) is 5.06 Å². The molecule has 0 saturated heterocycles. The Balaban J connectivity index is 2.77. The van der Waals surface area contributed by atoms with Crippen molar-refractivity contribution in [3.63, 3.8) is 0 Å². The van der Waals surface area contributed by atoms with Gasteiger partial charge in [-0.1, -0.05) is 13.8 Å². The zero-order chi connectivity index (χ0) is 13.2. The van der Waals surface area contributed by atoms with E-state index in [1.54, 1.807) is 27.0 Å². The normalized spacial score (nSPS) is 20.9. The molecule has 0 spiro atoms. The second-order valence-corrected chi connectivity index (χ2v) is 5.79. The first-order valence-corrected chi connectivity index (χ1v) is 5.93. The van der Waals surface area contributed by atoms with Gasteiger partial charge >= 0.3 is 5.97 Å². The van der Waals surface area contributed by atoms with Gasteiger partial charge < -0.3 is 4.84 Å². The van der Waals surface area contributed by atoms with Crippen LogP contribution in [0.4, 0.5) is 0 Å². The van der Waals surface area contributed by atoms with E-state index in [0.717, 1.165) is 0 Å². The number of hydroxylamine groups is 2.